The molecule has 0 amide bonds. The van der Waals surface area contributed by atoms with Crippen LogP contribution >= 0.6 is 0 Å². The summed E-state index contributed by atoms with van der Waals surface area (Å²) in [6, 6.07) is 8.23. The minimum atomic E-state index is 0.530. The summed E-state index contributed by atoms with van der Waals surface area (Å²) in [4.78, 5) is 0. The zero-order valence-electron chi connectivity index (χ0n) is 22.1. The Hall–Kier alpha value is -0.980. The molecular weight excluding hydrogens is 388 g/mol. The molecule has 0 spiro atoms. The predicted octanol–water partition coefficient (Wildman–Crippen LogP) is 11.0. The van der Waals surface area contributed by atoms with Crippen LogP contribution in [-0.4, -0.2) is 5.11 Å². The largest absolute Gasteiger partial charge is 0.508 e. The molecular formula is C31H56O. The molecule has 186 valence electrons. The van der Waals surface area contributed by atoms with Crippen molar-refractivity contribution in [3.05, 3.63) is 29.8 Å². The molecule has 0 aliphatic heterocycles. The van der Waals surface area contributed by atoms with Crippen LogP contribution in [0.15, 0.2) is 24.3 Å². The average molecular weight is 445 g/mol. The maximum atomic E-state index is 10.7. The van der Waals surface area contributed by atoms with Gasteiger partial charge in [0.1, 0.15) is 5.75 Å². The van der Waals surface area contributed by atoms with Gasteiger partial charge in [-0.3, -0.25) is 0 Å². The Balaban J connectivity index is 2.72. The number of phenolic OH excluding ortho intramolecular Hbond substituents is 1. The third-order valence-corrected chi connectivity index (χ3v) is 7.38. The van der Waals surface area contributed by atoms with Gasteiger partial charge in [-0.2, -0.15) is 0 Å². The molecule has 1 rings (SSSR count). The van der Waals surface area contributed by atoms with Crippen molar-refractivity contribution in [2.75, 3.05) is 0 Å². The highest BCUT2D eigenvalue weighted by Gasteiger charge is 2.24. The number of hydrogen-bond donors (Lipinski definition) is 1. The predicted molar refractivity (Wildman–Crippen MR) is 144 cm³/mol. The zero-order valence-corrected chi connectivity index (χ0v) is 22.1. The van der Waals surface area contributed by atoms with Crippen molar-refractivity contribution in [1.29, 1.82) is 0 Å². The summed E-state index contributed by atoms with van der Waals surface area (Å²) < 4.78 is 0. The van der Waals surface area contributed by atoms with Crippen molar-refractivity contribution < 1.29 is 5.11 Å². The van der Waals surface area contributed by atoms with E-state index in [0.717, 1.165) is 5.92 Å². The van der Waals surface area contributed by atoms with E-state index in [1.807, 2.05) is 12.1 Å². The van der Waals surface area contributed by atoms with E-state index in [1.54, 1.807) is 0 Å². The Labute approximate surface area is 201 Å². The Morgan fingerprint density at radius 1 is 0.531 bits per heavy atom. The molecule has 0 aliphatic carbocycles. The van der Waals surface area contributed by atoms with Crippen molar-refractivity contribution in [1.82, 2.24) is 0 Å². The van der Waals surface area contributed by atoms with Crippen LogP contribution in [0.1, 0.15) is 161 Å². The van der Waals surface area contributed by atoms with Gasteiger partial charge >= 0.3 is 0 Å². The molecule has 0 saturated heterocycles. The number of hydrogen-bond acceptors (Lipinski definition) is 1. The molecule has 0 radical (unpaired) electrons. The first kappa shape index (κ1) is 29.1. The van der Waals surface area contributed by atoms with Crippen molar-refractivity contribution in [2.24, 2.45) is 5.92 Å². The second kappa shape index (κ2) is 20.6. The lowest BCUT2D eigenvalue weighted by molar-refractivity contribution is 0.314. The molecule has 0 bridgehead atoms. The Morgan fingerprint density at radius 2 is 0.938 bits per heavy atom. The van der Waals surface area contributed by atoms with Gasteiger partial charge in [0.25, 0.3) is 0 Å². The van der Waals surface area contributed by atoms with Crippen LogP contribution in [0.4, 0.5) is 0 Å². The fourth-order valence-corrected chi connectivity index (χ4v) is 5.33. The quantitative estimate of drug-likeness (QED) is 0.176. The average Bonchev–Trinajstić information content (AvgIpc) is 2.80. The summed E-state index contributed by atoms with van der Waals surface area (Å²) in [5, 5.41) is 10.7. The van der Waals surface area contributed by atoms with E-state index in [1.165, 1.54) is 134 Å². The van der Waals surface area contributed by atoms with Crippen LogP contribution in [0.3, 0.4) is 0 Å². The summed E-state index contributed by atoms with van der Waals surface area (Å²) in [7, 11) is 0. The second-order valence-corrected chi connectivity index (χ2v) is 10.2. The van der Waals surface area contributed by atoms with Crippen LogP contribution in [0.25, 0.3) is 0 Å². The first-order valence-electron chi connectivity index (χ1n) is 14.5. The maximum absolute atomic E-state index is 10.7. The lowest BCUT2D eigenvalue weighted by atomic mass is 9.76. The van der Waals surface area contributed by atoms with E-state index in [-0.39, 0.29) is 0 Å². The molecule has 2 unspecified atom stereocenters. The maximum Gasteiger partial charge on any atom is 0.119 e. The van der Waals surface area contributed by atoms with Crippen molar-refractivity contribution in [2.45, 2.75) is 155 Å². The van der Waals surface area contributed by atoms with Crippen LogP contribution in [0.2, 0.25) is 0 Å². The molecule has 32 heavy (non-hydrogen) atoms. The van der Waals surface area contributed by atoms with Gasteiger partial charge < -0.3 is 5.11 Å². The van der Waals surface area contributed by atoms with Crippen LogP contribution in [-0.2, 0) is 0 Å². The second-order valence-electron chi connectivity index (χ2n) is 10.2. The molecule has 1 heteroatoms. The van der Waals surface area contributed by atoms with Crippen LogP contribution < -0.4 is 0 Å². The number of phenols is 1. The normalized spacial score (nSPS) is 13.3. The van der Waals surface area contributed by atoms with Crippen molar-refractivity contribution in [3.8, 4) is 5.75 Å². The van der Waals surface area contributed by atoms with Crippen LogP contribution in [0, 0.1) is 5.92 Å². The highest BCUT2D eigenvalue weighted by atomic mass is 16.3. The Bertz CT molecular complexity index is 523. The minimum Gasteiger partial charge on any atom is -0.508 e. The van der Waals surface area contributed by atoms with Gasteiger partial charge in [0.05, 0.1) is 0 Å². The first-order valence-corrected chi connectivity index (χ1v) is 14.5. The van der Waals surface area contributed by atoms with E-state index in [0.29, 0.717) is 11.7 Å². The molecule has 1 aromatic carbocycles. The van der Waals surface area contributed by atoms with Crippen LogP contribution in [0.5, 0.6) is 5.75 Å². The molecule has 0 aromatic heterocycles. The van der Waals surface area contributed by atoms with Gasteiger partial charge in [0.2, 0.25) is 0 Å². The van der Waals surface area contributed by atoms with Gasteiger partial charge in [-0.15, -0.1) is 0 Å². The van der Waals surface area contributed by atoms with Gasteiger partial charge in [0, 0.05) is 0 Å². The first-order chi connectivity index (χ1) is 15.7. The third kappa shape index (κ3) is 13.5. The lowest BCUT2D eigenvalue weighted by Crippen LogP contribution is -2.14. The molecule has 0 fully saturated rings. The summed E-state index contributed by atoms with van der Waals surface area (Å²) in [6.45, 7) is 6.90. The van der Waals surface area contributed by atoms with E-state index in [2.05, 4.69) is 32.9 Å². The third-order valence-electron chi connectivity index (χ3n) is 7.38. The molecule has 0 saturated carbocycles. The van der Waals surface area contributed by atoms with E-state index in [4.69, 9.17) is 0 Å². The number of unbranched alkanes of at least 4 members (excludes halogenated alkanes) is 14. The Morgan fingerprint density at radius 3 is 1.44 bits per heavy atom. The minimum absolute atomic E-state index is 0.530. The fourth-order valence-electron chi connectivity index (χ4n) is 5.33. The lowest BCUT2D eigenvalue weighted by Gasteiger charge is -2.29. The van der Waals surface area contributed by atoms with Gasteiger partial charge in [0.15, 0.2) is 0 Å². The van der Waals surface area contributed by atoms with Gasteiger partial charge in [-0.1, -0.05) is 148 Å². The topological polar surface area (TPSA) is 20.2 Å². The number of benzene rings is 1. The number of aromatic hydroxyl groups is 1. The molecule has 0 heterocycles. The molecule has 1 aromatic rings. The smallest absolute Gasteiger partial charge is 0.119 e. The summed E-state index contributed by atoms with van der Waals surface area (Å²) >= 11 is 0. The monoisotopic (exact) mass is 444 g/mol. The fraction of sp³-hybridized carbons (Fsp3) is 0.806. The molecule has 1 nitrogen and oxygen atoms in total. The number of para-hydroxylation sites is 1. The highest BCUT2D eigenvalue weighted by Crippen LogP contribution is 2.40. The van der Waals surface area contributed by atoms with Crippen molar-refractivity contribution >= 4 is 0 Å². The Kier molecular flexibility index (Phi) is 18.7. The molecule has 0 aliphatic rings. The zero-order chi connectivity index (χ0) is 23.3. The molecule has 1 N–H and O–H groups in total. The highest BCUT2D eigenvalue weighted by molar-refractivity contribution is 5.35. The van der Waals surface area contributed by atoms with Gasteiger partial charge in [-0.25, -0.2) is 0 Å². The van der Waals surface area contributed by atoms with Crippen molar-refractivity contribution in [3.63, 3.8) is 0 Å². The molecule has 2 atom stereocenters. The summed E-state index contributed by atoms with van der Waals surface area (Å²) in [6.07, 6.45) is 27.2. The van der Waals surface area contributed by atoms with E-state index >= 15 is 0 Å². The SMILES string of the molecule is CCCCCCCCCC(c1ccccc1O)C(CCCCCC)CCCCCCCC. The van der Waals surface area contributed by atoms with E-state index in [9.17, 15) is 5.11 Å². The van der Waals surface area contributed by atoms with Gasteiger partial charge in [-0.05, 0) is 42.7 Å². The summed E-state index contributed by atoms with van der Waals surface area (Å²) in [5.41, 5.74) is 1.23. The number of rotatable bonds is 22. The van der Waals surface area contributed by atoms with E-state index < -0.39 is 0 Å². The standard InChI is InChI=1S/C31H56O/c1-4-7-10-13-15-17-20-25-29(30-26-21-22-27-31(30)32)28(23-18-12-9-6-3)24-19-16-14-11-8-5-2/h21-22,26-29,32H,4-20,23-25H2,1-3H3. The summed E-state index contributed by atoms with van der Waals surface area (Å²) in [5.74, 6) is 1.79.